The van der Waals surface area contributed by atoms with Crippen molar-refractivity contribution in [2.45, 2.75) is 64.6 Å². The normalized spacial score (nSPS) is 20.4. The van der Waals surface area contributed by atoms with Crippen LogP contribution < -0.4 is 5.32 Å². The van der Waals surface area contributed by atoms with Crippen molar-refractivity contribution in [2.75, 3.05) is 13.1 Å². The molecule has 6 heteroatoms. The van der Waals surface area contributed by atoms with Gasteiger partial charge in [-0.15, -0.1) is 0 Å². The first-order chi connectivity index (χ1) is 15.5. The summed E-state index contributed by atoms with van der Waals surface area (Å²) < 4.78 is 1.82. The van der Waals surface area contributed by atoms with Crippen LogP contribution in [0.25, 0.3) is 22.2 Å². The molecule has 0 bridgehead atoms. The number of hydrogen-bond donors (Lipinski definition) is 1. The van der Waals surface area contributed by atoms with Gasteiger partial charge in [0.05, 0.1) is 5.52 Å². The van der Waals surface area contributed by atoms with Crippen LogP contribution in [0.5, 0.6) is 0 Å². The van der Waals surface area contributed by atoms with E-state index in [2.05, 4.69) is 24.1 Å². The highest BCUT2D eigenvalue weighted by atomic mass is 35.5. The molecule has 1 fully saturated rings. The first-order valence-electron chi connectivity index (χ1n) is 11.7. The number of aromatic nitrogens is 2. The third-order valence-corrected chi connectivity index (χ3v) is 6.97. The average molecular weight is 453 g/mol. The highest BCUT2D eigenvalue weighted by molar-refractivity contribution is 6.31. The number of carbonyl (C=O) groups is 1. The Balaban J connectivity index is 1.45. The maximum atomic E-state index is 13.0. The number of halogens is 1. The lowest BCUT2D eigenvalue weighted by atomic mass is 9.97. The van der Waals surface area contributed by atoms with Crippen LogP contribution in [0.1, 0.15) is 52.5 Å². The van der Waals surface area contributed by atoms with Crippen molar-refractivity contribution in [3.63, 3.8) is 0 Å². The van der Waals surface area contributed by atoms with Crippen LogP contribution in [-0.2, 0) is 4.79 Å². The number of amides is 1. The van der Waals surface area contributed by atoms with Gasteiger partial charge in [-0.25, -0.2) is 0 Å². The summed E-state index contributed by atoms with van der Waals surface area (Å²) in [6, 6.07) is 16.6. The molecule has 2 heterocycles. The Kier molecular flexibility index (Phi) is 7.17. The van der Waals surface area contributed by atoms with Gasteiger partial charge >= 0.3 is 0 Å². The predicted octanol–water partition coefficient (Wildman–Crippen LogP) is 5.69. The molecule has 1 aliphatic heterocycles. The third kappa shape index (κ3) is 4.84. The van der Waals surface area contributed by atoms with Gasteiger partial charge in [0.2, 0.25) is 5.91 Å². The maximum Gasteiger partial charge on any atom is 0.244 e. The number of benzene rings is 2. The quantitative estimate of drug-likeness (QED) is 0.468. The van der Waals surface area contributed by atoms with Crippen LogP contribution in [0.4, 0.5) is 0 Å². The fourth-order valence-electron chi connectivity index (χ4n) is 4.87. The molecule has 1 amide bonds. The molecule has 1 N–H and O–H groups in total. The predicted molar refractivity (Wildman–Crippen MR) is 132 cm³/mol. The summed E-state index contributed by atoms with van der Waals surface area (Å²) in [5.74, 6) is -0.0105. The van der Waals surface area contributed by atoms with Crippen molar-refractivity contribution in [3.8, 4) is 11.3 Å². The van der Waals surface area contributed by atoms with Gasteiger partial charge in [-0.05, 0) is 58.2 Å². The van der Waals surface area contributed by atoms with Crippen LogP contribution >= 0.6 is 11.6 Å². The first-order valence-corrected chi connectivity index (χ1v) is 12.1. The highest BCUT2D eigenvalue weighted by Gasteiger charge is 2.24. The summed E-state index contributed by atoms with van der Waals surface area (Å²) in [7, 11) is 0. The zero-order valence-corrected chi connectivity index (χ0v) is 20.0. The number of fused-ring (bicyclic) bond motifs is 1. The number of likely N-dealkylation sites (tertiary alicyclic amines) is 1. The maximum absolute atomic E-state index is 13.0. The van der Waals surface area contributed by atoms with Crippen LogP contribution in [0.15, 0.2) is 48.5 Å². The molecule has 3 atom stereocenters. The van der Waals surface area contributed by atoms with Crippen LogP contribution in [-0.4, -0.2) is 45.8 Å². The van der Waals surface area contributed by atoms with E-state index in [9.17, 15) is 4.79 Å². The van der Waals surface area contributed by atoms with E-state index >= 15 is 0 Å². The van der Waals surface area contributed by atoms with Crippen LogP contribution in [0.3, 0.4) is 0 Å². The first kappa shape index (κ1) is 22.8. The monoisotopic (exact) mass is 452 g/mol. The largest absolute Gasteiger partial charge is 0.354 e. The topological polar surface area (TPSA) is 50.2 Å². The van der Waals surface area contributed by atoms with E-state index in [1.54, 1.807) is 0 Å². The molecule has 2 aromatic carbocycles. The van der Waals surface area contributed by atoms with Gasteiger partial charge in [0.1, 0.15) is 11.7 Å². The van der Waals surface area contributed by atoms with E-state index in [-0.39, 0.29) is 5.91 Å². The molecule has 170 valence electrons. The molecule has 3 aromatic rings. The molecule has 1 saturated heterocycles. The number of carbonyl (C=O) groups excluding carboxylic acids is 1. The van der Waals surface area contributed by atoms with Gasteiger partial charge in [0.25, 0.3) is 0 Å². The van der Waals surface area contributed by atoms with Gasteiger partial charge in [-0.1, -0.05) is 48.4 Å². The Morgan fingerprint density at radius 2 is 1.88 bits per heavy atom. The third-order valence-electron chi connectivity index (χ3n) is 6.73. The molecule has 0 unspecified atom stereocenters. The molecule has 0 aliphatic carbocycles. The van der Waals surface area contributed by atoms with Gasteiger partial charge in [-0.3, -0.25) is 14.4 Å². The molecule has 0 saturated carbocycles. The second kappa shape index (κ2) is 10.1. The fourth-order valence-corrected chi connectivity index (χ4v) is 5.04. The lowest BCUT2D eigenvalue weighted by Crippen LogP contribution is -2.45. The fraction of sp³-hybridized carbons (Fsp3) is 0.462. The molecule has 0 spiro atoms. The Bertz CT molecular complexity index is 1050. The van der Waals surface area contributed by atoms with Crippen molar-refractivity contribution in [1.29, 1.82) is 0 Å². The van der Waals surface area contributed by atoms with E-state index in [0.717, 1.165) is 35.1 Å². The van der Waals surface area contributed by atoms with Gasteiger partial charge < -0.3 is 5.32 Å². The van der Waals surface area contributed by atoms with E-state index in [0.29, 0.717) is 23.7 Å². The number of hydrogen-bond acceptors (Lipinski definition) is 3. The average Bonchev–Trinajstić information content (AvgIpc) is 3.16. The Labute approximate surface area is 195 Å². The molecular weight excluding hydrogens is 420 g/mol. The summed E-state index contributed by atoms with van der Waals surface area (Å²) in [4.78, 5) is 15.5. The molecule has 5 nitrogen and oxygen atoms in total. The SMILES string of the molecule is C[C@@H]1CCC[C@@H](C)N1CCCNC(=O)[C@H](C)n1nc(-c2ccccc2)c2cc(Cl)ccc21. The standard InChI is InChI=1S/C26H33ClN4O/c1-18-9-7-10-19(2)30(18)16-8-15-28-26(32)20(3)31-24-14-13-22(27)17-23(24)25(29-31)21-11-5-4-6-12-21/h4-6,11-14,17-20H,7-10,15-16H2,1-3H3,(H,28,32)/t18-,19-,20+/m1/s1. The van der Waals surface area contributed by atoms with Crippen LogP contribution in [0.2, 0.25) is 5.02 Å². The summed E-state index contributed by atoms with van der Waals surface area (Å²) in [6.45, 7) is 8.24. The Morgan fingerprint density at radius 3 is 2.59 bits per heavy atom. The molecule has 1 aromatic heterocycles. The van der Waals surface area contributed by atoms with E-state index in [1.807, 2.05) is 60.1 Å². The zero-order chi connectivity index (χ0) is 22.7. The van der Waals surface area contributed by atoms with E-state index in [1.165, 1.54) is 19.3 Å². The second-order valence-corrected chi connectivity index (χ2v) is 9.44. The molecule has 1 aliphatic rings. The molecular formula is C26H33ClN4O. The van der Waals surface area contributed by atoms with Crippen molar-refractivity contribution in [1.82, 2.24) is 20.0 Å². The molecule has 0 radical (unpaired) electrons. The van der Waals surface area contributed by atoms with Gasteiger partial charge in [-0.2, -0.15) is 5.10 Å². The lowest BCUT2D eigenvalue weighted by molar-refractivity contribution is -0.124. The summed E-state index contributed by atoms with van der Waals surface area (Å²) in [6.07, 6.45) is 4.82. The van der Waals surface area contributed by atoms with Gasteiger partial charge in [0.15, 0.2) is 0 Å². The minimum atomic E-state index is -0.413. The number of piperidine rings is 1. The van der Waals surface area contributed by atoms with E-state index < -0.39 is 6.04 Å². The van der Waals surface area contributed by atoms with Crippen molar-refractivity contribution >= 4 is 28.4 Å². The molecule has 4 rings (SSSR count). The highest BCUT2D eigenvalue weighted by Crippen LogP contribution is 2.31. The van der Waals surface area contributed by atoms with Gasteiger partial charge in [0, 0.05) is 41.1 Å². The minimum Gasteiger partial charge on any atom is -0.354 e. The van der Waals surface area contributed by atoms with E-state index in [4.69, 9.17) is 16.7 Å². The Morgan fingerprint density at radius 1 is 1.16 bits per heavy atom. The zero-order valence-electron chi connectivity index (χ0n) is 19.2. The number of nitrogens with one attached hydrogen (secondary N) is 1. The lowest BCUT2D eigenvalue weighted by Gasteiger charge is -2.39. The number of rotatable bonds is 7. The summed E-state index contributed by atoms with van der Waals surface area (Å²) in [5.41, 5.74) is 2.76. The smallest absolute Gasteiger partial charge is 0.244 e. The summed E-state index contributed by atoms with van der Waals surface area (Å²) >= 11 is 6.28. The second-order valence-electron chi connectivity index (χ2n) is 9.01. The van der Waals surface area contributed by atoms with Crippen LogP contribution in [0, 0.1) is 0 Å². The summed E-state index contributed by atoms with van der Waals surface area (Å²) in [5, 5.41) is 9.57. The van der Waals surface area contributed by atoms with Crippen molar-refractivity contribution < 1.29 is 4.79 Å². The van der Waals surface area contributed by atoms with Crippen molar-refractivity contribution in [3.05, 3.63) is 53.6 Å². The Hall–Kier alpha value is -2.37. The molecule has 32 heavy (non-hydrogen) atoms. The number of nitrogens with zero attached hydrogens (tertiary/aromatic N) is 3. The minimum absolute atomic E-state index is 0.0105. The van der Waals surface area contributed by atoms with Crippen molar-refractivity contribution in [2.24, 2.45) is 0 Å².